The first-order chi connectivity index (χ1) is 7.15. The summed E-state index contributed by atoms with van der Waals surface area (Å²) in [5, 5.41) is 3.81. The van der Waals surface area contributed by atoms with E-state index in [0.717, 1.165) is 6.07 Å². The smallest absolute Gasteiger partial charge is 0.182 e. The minimum Gasteiger partial charge on any atom is -0.357 e. The van der Waals surface area contributed by atoms with Crippen molar-refractivity contribution < 1.29 is 13.3 Å². The summed E-state index contributed by atoms with van der Waals surface area (Å²) in [6.07, 6.45) is 0. The molecular weight excluding hydrogens is 202 g/mol. The first kappa shape index (κ1) is 9.89. The van der Waals surface area contributed by atoms with Crippen molar-refractivity contribution in [2.24, 2.45) is 0 Å². The second kappa shape index (κ2) is 3.49. The molecule has 0 bridgehead atoms. The molecule has 2 rings (SSSR count). The molecule has 0 radical (unpaired) electrons. The van der Waals surface area contributed by atoms with Gasteiger partial charge in [0.1, 0.15) is 5.39 Å². The van der Waals surface area contributed by atoms with Gasteiger partial charge in [0.2, 0.25) is 0 Å². The number of halogens is 2. The van der Waals surface area contributed by atoms with Crippen LogP contribution in [-0.2, 0) is 0 Å². The summed E-state index contributed by atoms with van der Waals surface area (Å²) >= 11 is 0. The Morgan fingerprint density at radius 3 is 2.80 bits per heavy atom. The lowest BCUT2D eigenvalue weighted by molar-refractivity contribution is 0.455. The molecule has 0 unspecified atom stereocenters. The van der Waals surface area contributed by atoms with Gasteiger partial charge in [-0.2, -0.15) is 0 Å². The Balaban J connectivity index is 2.72. The summed E-state index contributed by atoms with van der Waals surface area (Å²) in [5.74, 6) is -1.48. The predicted octanol–water partition coefficient (Wildman–Crippen LogP) is 2.56. The quantitative estimate of drug-likeness (QED) is 0.766. The van der Waals surface area contributed by atoms with Crippen molar-refractivity contribution in [1.29, 1.82) is 0 Å². The largest absolute Gasteiger partial charge is 0.357 e. The number of aromatic nitrogens is 1. The molecule has 5 heteroatoms. The number of hydrogen-bond acceptors (Lipinski definition) is 3. The monoisotopic (exact) mass is 212 g/mol. The van der Waals surface area contributed by atoms with Gasteiger partial charge in [0.15, 0.2) is 23.0 Å². The third kappa shape index (κ3) is 1.44. The van der Waals surface area contributed by atoms with Crippen molar-refractivity contribution in [3.63, 3.8) is 0 Å². The van der Waals surface area contributed by atoms with Gasteiger partial charge in [-0.25, -0.2) is 8.78 Å². The van der Waals surface area contributed by atoms with Gasteiger partial charge in [0.05, 0.1) is 0 Å². The Morgan fingerprint density at radius 2 is 2.13 bits per heavy atom. The van der Waals surface area contributed by atoms with Gasteiger partial charge in [-0.1, -0.05) is 5.16 Å². The Labute approximate surface area is 85.3 Å². The van der Waals surface area contributed by atoms with Crippen molar-refractivity contribution in [2.45, 2.75) is 6.92 Å². The molecule has 80 valence electrons. The van der Waals surface area contributed by atoms with Crippen LogP contribution in [0.2, 0.25) is 0 Å². The standard InChI is InChI=1S/C10H10F2N2O/c1-3-14(2)10-8-7(15-13-10)5-4-6(11)9(8)12/h4-5H,3H2,1-2H3. The highest BCUT2D eigenvalue weighted by atomic mass is 19.2. The highest BCUT2D eigenvalue weighted by Gasteiger charge is 2.18. The number of hydrogen-bond donors (Lipinski definition) is 0. The zero-order chi connectivity index (χ0) is 11.0. The molecule has 0 saturated carbocycles. The highest BCUT2D eigenvalue weighted by Crippen LogP contribution is 2.29. The number of benzene rings is 1. The molecule has 0 aliphatic carbocycles. The lowest BCUT2D eigenvalue weighted by atomic mass is 10.2. The molecule has 3 nitrogen and oxygen atoms in total. The molecule has 1 aromatic heterocycles. The fourth-order valence-corrected chi connectivity index (χ4v) is 1.37. The number of fused-ring (bicyclic) bond motifs is 1. The minimum atomic E-state index is -0.913. The van der Waals surface area contributed by atoms with Crippen LogP contribution in [0.5, 0.6) is 0 Å². The van der Waals surface area contributed by atoms with Crippen molar-refractivity contribution in [2.75, 3.05) is 18.5 Å². The van der Waals surface area contributed by atoms with Crippen LogP contribution in [0, 0.1) is 11.6 Å². The predicted molar refractivity (Wildman–Crippen MR) is 52.9 cm³/mol. The lowest BCUT2D eigenvalue weighted by Gasteiger charge is -2.12. The molecule has 0 atom stereocenters. The van der Waals surface area contributed by atoms with E-state index >= 15 is 0 Å². The van der Waals surface area contributed by atoms with E-state index in [1.165, 1.54) is 6.07 Å². The van der Waals surface area contributed by atoms with E-state index in [0.29, 0.717) is 12.4 Å². The van der Waals surface area contributed by atoms with E-state index in [1.54, 1.807) is 11.9 Å². The summed E-state index contributed by atoms with van der Waals surface area (Å²) in [5.41, 5.74) is 0.254. The van der Waals surface area contributed by atoms with Gasteiger partial charge in [-0.3, -0.25) is 0 Å². The SMILES string of the molecule is CCN(C)c1noc2ccc(F)c(F)c12. The van der Waals surface area contributed by atoms with E-state index in [9.17, 15) is 8.78 Å². The van der Waals surface area contributed by atoms with Crippen LogP contribution >= 0.6 is 0 Å². The number of rotatable bonds is 2. The van der Waals surface area contributed by atoms with Crippen LogP contribution in [0.3, 0.4) is 0 Å². The maximum absolute atomic E-state index is 13.5. The third-order valence-electron chi connectivity index (χ3n) is 2.35. The van der Waals surface area contributed by atoms with Gasteiger partial charge in [-0.05, 0) is 19.1 Å². The first-order valence-electron chi connectivity index (χ1n) is 4.59. The lowest BCUT2D eigenvalue weighted by Crippen LogP contribution is -2.16. The number of nitrogens with zero attached hydrogens (tertiary/aromatic N) is 2. The van der Waals surface area contributed by atoms with Crippen LogP contribution in [0.15, 0.2) is 16.7 Å². The molecule has 1 heterocycles. The van der Waals surface area contributed by atoms with E-state index in [-0.39, 0.29) is 11.0 Å². The van der Waals surface area contributed by atoms with E-state index in [4.69, 9.17) is 4.52 Å². The summed E-state index contributed by atoms with van der Waals surface area (Å²) in [6, 6.07) is 2.40. The topological polar surface area (TPSA) is 29.3 Å². The molecule has 0 saturated heterocycles. The average Bonchev–Trinajstić information content (AvgIpc) is 2.67. The van der Waals surface area contributed by atoms with Gasteiger partial charge in [0.25, 0.3) is 0 Å². The Morgan fingerprint density at radius 1 is 1.40 bits per heavy atom. The van der Waals surface area contributed by atoms with Crippen LogP contribution < -0.4 is 4.90 Å². The average molecular weight is 212 g/mol. The van der Waals surface area contributed by atoms with Crippen LogP contribution in [0.4, 0.5) is 14.6 Å². The van der Waals surface area contributed by atoms with Crippen LogP contribution in [0.1, 0.15) is 6.92 Å². The second-order valence-electron chi connectivity index (χ2n) is 3.25. The van der Waals surface area contributed by atoms with E-state index < -0.39 is 11.6 Å². The zero-order valence-electron chi connectivity index (χ0n) is 8.42. The summed E-state index contributed by atoms with van der Waals surface area (Å²) in [7, 11) is 1.74. The summed E-state index contributed by atoms with van der Waals surface area (Å²) < 4.78 is 31.4. The van der Waals surface area contributed by atoms with Crippen molar-refractivity contribution in [1.82, 2.24) is 5.16 Å². The maximum Gasteiger partial charge on any atom is 0.182 e. The molecule has 1 aromatic carbocycles. The van der Waals surface area contributed by atoms with Gasteiger partial charge in [0, 0.05) is 13.6 Å². The number of anilines is 1. The zero-order valence-corrected chi connectivity index (χ0v) is 8.42. The fourth-order valence-electron chi connectivity index (χ4n) is 1.37. The fraction of sp³-hybridized carbons (Fsp3) is 0.300. The molecule has 0 fully saturated rings. The normalized spacial score (nSPS) is 10.9. The van der Waals surface area contributed by atoms with Gasteiger partial charge in [-0.15, -0.1) is 0 Å². The van der Waals surface area contributed by atoms with E-state index in [2.05, 4.69) is 5.16 Å². The van der Waals surface area contributed by atoms with Gasteiger partial charge >= 0.3 is 0 Å². The van der Waals surface area contributed by atoms with Crippen molar-refractivity contribution in [3.05, 3.63) is 23.8 Å². The van der Waals surface area contributed by atoms with Crippen LogP contribution in [-0.4, -0.2) is 18.7 Å². The Bertz CT molecular complexity index is 495. The Hall–Kier alpha value is -1.65. The summed E-state index contributed by atoms with van der Waals surface area (Å²) in [4.78, 5) is 1.69. The maximum atomic E-state index is 13.5. The Kier molecular flexibility index (Phi) is 2.30. The van der Waals surface area contributed by atoms with E-state index in [1.807, 2.05) is 6.92 Å². The molecule has 0 amide bonds. The van der Waals surface area contributed by atoms with Gasteiger partial charge < -0.3 is 9.42 Å². The summed E-state index contributed by atoms with van der Waals surface area (Å²) in [6.45, 7) is 2.52. The molecule has 15 heavy (non-hydrogen) atoms. The molecular formula is C10H10F2N2O. The van der Waals surface area contributed by atoms with Crippen LogP contribution in [0.25, 0.3) is 11.0 Å². The highest BCUT2D eigenvalue weighted by molar-refractivity contribution is 5.89. The van der Waals surface area contributed by atoms with Crippen molar-refractivity contribution >= 4 is 16.8 Å². The molecule has 2 aromatic rings. The first-order valence-corrected chi connectivity index (χ1v) is 4.59. The molecule has 0 aliphatic rings. The van der Waals surface area contributed by atoms with Crippen molar-refractivity contribution in [3.8, 4) is 0 Å². The molecule has 0 aliphatic heterocycles. The molecule has 0 N–H and O–H groups in total. The minimum absolute atomic E-state index is 0.0966. The third-order valence-corrected chi connectivity index (χ3v) is 2.35. The second-order valence-corrected chi connectivity index (χ2v) is 3.25. The molecule has 0 spiro atoms.